The lowest BCUT2D eigenvalue weighted by atomic mass is 9.83. The lowest BCUT2D eigenvalue weighted by Gasteiger charge is -2.36. The van der Waals surface area contributed by atoms with Gasteiger partial charge < -0.3 is 18.2 Å². The molecule has 0 spiro atoms. The molecule has 1 aromatic carbocycles. The molecule has 190 valence electrons. The molecule has 2 aromatic rings. The van der Waals surface area contributed by atoms with Crippen LogP contribution >= 0.6 is 0 Å². The zero-order valence-electron chi connectivity index (χ0n) is 19.3. The first-order chi connectivity index (χ1) is 16.4. The Bertz CT molecular complexity index is 1350. The molecule has 0 bridgehead atoms. The Morgan fingerprint density at radius 2 is 2.00 bits per heavy atom. The fraction of sp³-hybridized carbons (Fsp3) is 0.478. The third-order valence-electron chi connectivity index (χ3n) is 6.11. The summed E-state index contributed by atoms with van der Waals surface area (Å²) in [5, 5.41) is 0. The van der Waals surface area contributed by atoms with Gasteiger partial charge >= 0.3 is 21.6 Å². The lowest BCUT2D eigenvalue weighted by molar-refractivity contribution is -0.0500. The third-order valence-corrected chi connectivity index (χ3v) is 7.08. The van der Waals surface area contributed by atoms with Gasteiger partial charge in [-0.1, -0.05) is 13.8 Å². The van der Waals surface area contributed by atoms with Crippen LogP contribution in [-0.2, 0) is 27.7 Å². The molecular formula is C23H24F3NO7S. The number of esters is 1. The van der Waals surface area contributed by atoms with Crippen molar-refractivity contribution in [2.24, 2.45) is 5.92 Å². The smallest absolute Gasteiger partial charge is 0.489 e. The molecule has 4 rings (SSSR count). The molecule has 0 saturated carbocycles. The topological polar surface area (TPSA) is 101 Å². The second kappa shape index (κ2) is 8.89. The number of hydrogen-bond acceptors (Lipinski definition) is 7. The molecule has 2 aliphatic rings. The number of rotatable bonds is 5. The van der Waals surface area contributed by atoms with Crippen LogP contribution in [-0.4, -0.2) is 37.7 Å². The van der Waals surface area contributed by atoms with Gasteiger partial charge in [0.25, 0.3) is 0 Å². The number of carbonyl (C=O) groups excluding carboxylic acids is 1. The number of pyridine rings is 1. The van der Waals surface area contributed by atoms with Crippen molar-refractivity contribution in [1.82, 2.24) is 4.57 Å². The predicted octanol–water partition coefficient (Wildman–Crippen LogP) is 4.00. The van der Waals surface area contributed by atoms with E-state index in [0.29, 0.717) is 41.6 Å². The number of hydrogen-bond donors (Lipinski definition) is 0. The van der Waals surface area contributed by atoms with Gasteiger partial charge in [0.15, 0.2) is 16.9 Å². The molecule has 3 heterocycles. The first-order valence-electron chi connectivity index (χ1n) is 11.1. The highest BCUT2D eigenvalue weighted by molar-refractivity contribution is 7.88. The molecule has 12 heteroatoms. The Labute approximate surface area is 199 Å². The van der Waals surface area contributed by atoms with Crippen LogP contribution in [0.3, 0.4) is 0 Å². The summed E-state index contributed by atoms with van der Waals surface area (Å²) in [4.78, 5) is 25.2. The van der Waals surface area contributed by atoms with Crippen molar-refractivity contribution in [3.8, 4) is 22.8 Å². The predicted molar refractivity (Wildman–Crippen MR) is 119 cm³/mol. The van der Waals surface area contributed by atoms with Gasteiger partial charge in [-0.05, 0) is 43.7 Å². The fourth-order valence-electron chi connectivity index (χ4n) is 4.55. The first-order valence-corrected chi connectivity index (χ1v) is 12.5. The molecular weight excluding hydrogens is 491 g/mol. The van der Waals surface area contributed by atoms with Gasteiger partial charge in [0.2, 0.25) is 0 Å². The Hall–Kier alpha value is -3.02. The monoisotopic (exact) mass is 515 g/mol. The summed E-state index contributed by atoms with van der Waals surface area (Å²) in [6.07, 6.45) is 2.67. The van der Waals surface area contributed by atoms with Crippen LogP contribution in [0.5, 0.6) is 11.5 Å². The van der Waals surface area contributed by atoms with Crippen molar-refractivity contribution in [1.29, 1.82) is 0 Å². The van der Waals surface area contributed by atoms with E-state index in [0.717, 1.165) is 0 Å². The van der Waals surface area contributed by atoms with Crippen LogP contribution in [0.25, 0.3) is 11.3 Å². The summed E-state index contributed by atoms with van der Waals surface area (Å²) in [7, 11) is -5.92. The normalized spacial score (nSPS) is 17.2. The first kappa shape index (κ1) is 25.1. The Balaban J connectivity index is 1.96. The number of benzene rings is 1. The minimum Gasteiger partial charge on any atom is -0.489 e. The minimum atomic E-state index is -5.92. The molecule has 2 aliphatic heterocycles. The highest BCUT2D eigenvalue weighted by atomic mass is 32.2. The summed E-state index contributed by atoms with van der Waals surface area (Å²) in [6, 6.07) is 2.27. The molecule has 35 heavy (non-hydrogen) atoms. The quantitative estimate of drug-likeness (QED) is 0.337. The van der Waals surface area contributed by atoms with E-state index >= 15 is 0 Å². The maximum Gasteiger partial charge on any atom is 0.534 e. The van der Waals surface area contributed by atoms with Crippen LogP contribution in [0.15, 0.2) is 23.1 Å². The summed E-state index contributed by atoms with van der Waals surface area (Å²) < 4.78 is 79.5. The number of nitrogens with zero attached hydrogens (tertiary/aromatic N) is 1. The zero-order chi connectivity index (χ0) is 25.7. The van der Waals surface area contributed by atoms with Crippen LogP contribution in [0.1, 0.15) is 54.7 Å². The van der Waals surface area contributed by atoms with Crippen molar-refractivity contribution in [3.63, 3.8) is 0 Å². The molecule has 0 N–H and O–H groups in total. The fourth-order valence-corrected chi connectivity index (χ4v) is 5.00. The van der Waals surface area contributed by atoms with Crippen molar-refractivity contribution in [3.05, 3.63) is 45.2 Å². The van der Waals surface area contributed by atoms with E-state index in [9.17, 15) is 31.2 Å². The van der Waals surface area contributed by atoms with Crippen molar-refractivity contribution < 1.29 is 40.0 Å². The molecule has 1 atom stereocenters. The number of halogens is 3. The average molecular weight is 516 g/mol. The van der Waals surface area contributed by atoms with E-state index in [1.807, 2.05) is 18.4 Å². The summed E-state index contributed by atoms with van der Waals surface area (Å²) in [5.41, 5.74) is -4.25. The number of aromatic nitrogens is 1. The maximum atomic E-state index is 13.0. The van der Waals surface area contributed by atoms with Gasteiger partial charge in [-0.25, -0.2) is 4.79 Å². The van der Waals surface area contributed by atoms with Gasteiger partial charge in [0.1, 0.15) is 5.56 Å². The van der Waals surface area contributed by atoms with E-state index in [-0.39, 0.29) is 36.5 Å². The van der Waals surface area contributed by atoms with E-state index < -0.39 is 32.8 Å². The second-order valence-corrected chi connectivity index (χ2v) is 10.3. The standard InChI is InChI=1S/C23H24F3NO7S/c1-4-32-22(29)15-11-27-16(12(2)3)8-13-9-19(34-35(30,31)23(24,25)26)21-14(6-5-7-33-21)20(13)17(27)10-18(15)28/h9-12,16H,4-8H2,1-3H3. The molecule has 0 amide bonds. The van der Waals surface area contributed by atoms with Gasteiger partial charge in [0.05, 0.1) is 18.9 Å². The van der Waals surface area contributed by atoms with Gasteiger partial charge in [0, 0.05) is 29.4 Å². The van der Waals surface area contributed by atoms with Crippen molar-refractivity contribution in [2.45, 2.75) is 51.6 Å². The van der Waals surface area contributed by atoms with Crippen molar-refractivity contribution in [2.75, 3.05) is 13.2 Å². The molecule has 0 radical (unpaired) electrons. The number of ether oxygens (including phenoxy) is 2. The molecule has 1 aromatic heterocycles. The minimum absolute atomic E-state index is 0.00462. The Kier molecular flexibility index (Phi) is 6.37. The van der Waals surface area contributed by atoms with E-state index in [1.165, 1.54) is 18.3 Å². The summed E-state index contributed by atoms with van der Waals surface area (Å²) in [6.45, 7) is 5.75. The average Bonchev–Trinajstić information content (AvgIpc) is 2.77. The van der Waals surface area contributed by atoms with Crippen LogP contribution in [0, 0.1) is 5.92 Å². The Morgan fingerprint density at radius 3 is 2.63 bits per heavy atom. The highest BCUT2D eigenvalue weighted by Crippen LogP contribution is 2.48. The third kappa shape index (κ3) is 4.39. The SMILES string of the molecule is CCOC(=O)c1cn2c(cc1=O)-c1c(cc(OS(=O)(=O)C(F)(F)F)c3c1CCCO3)CC2C(C)C. The number of fused-ring (bicyclic) bond motifs is 5. The number of carbonyl (C=O) groups is 1. The van der Waals surface area contributed by atoms with Crippen LogP contribution in [0.2, 0.25) is 0 Å². The van der Waals surface area contributed by atoms with Gasteiger partial charge in [-0.15, -0.1) is 0 Å². The molecule has 0 aliphatic carbocycles. The molecule has 1 unspecified atom stereocenters. The van der Waals surface area contributed by atoms with Crippen LogP contribution in [0.4, 0.5) is 13.2 Å². The molecule has 8 nitrogen and oxygen atoms in total. The number of alkyl halides is 3. The molecule has 0 saturated heterocycles. The lowest BCUT2D eigenvalue weighted by Crippen LogP contribution is -2.31. The van der Waals surface area contributed by atoms with E-state index in [4.69, 9.17) is 9.47 Å². The second-order valence-electron chi connectivity index (χ2n) is 8.73. The largest absolute Gasteiger partial charge is 0.534 e. The van der Waals surface area contributed by atoms with Gasteiger partial charge in [-0.2, -0.15) is 21.6 Å². The summed E-state index contributed by atoms with van der Waals surface area (Å²) >= 11 is 0. The molecule has 0 fully saturated rings. The highest BCUT2D eigenvalue weighted by Gasteiger charge is 2.49. The zero-order valence-corrected chi connectivity index (χ0v) is 20.1. The van der Waals surface area contributed by atoms with Crippen LogP contribution < -0.4 is 14.3 Å². The summed E-state index contributed by atoms with van der Waals surface area (Å²) in [5.74, 6) is -1.38. The van der Waals surface area contributed by atoms with E-state index in [2.05, 4.69) is 4.18 Å². The van der Waals surface area contributed by atoms with E-state index in [1.54, 1.807) is 6.92 Å². The Morgan fingerprint density at radius 1 is 1.29 bits per heavy atom. The maximum absolute atomic E-state index is 13.0. The van der Waals surface area contributed by atoms with Crippen molar-refractivity contribution >= 4 is 16.1 Å². The van der Waals surface area contributed by atoms with Gasteiger partial charge in [-0.3, -0.25) is 4.79 Å².